The first-order valence-electron chi connectivity index (χ1n) is 41.5. The first kappa shape index (κ1) is 112. The molecule has 0 aromatic carbocycles. The minimum atomic E-state index is -1.69. The number of aliphatic hydroxyl groups is 17. The number of carbonyl (C=O) groups excluding carboxylic acids is 4. The van der Waals surface area contributed by atoms with E-state index in [4.69, 9.17) is 25.5 Å². The van der Waals surface area contributed by atoms with Crippen molar-refractivity contribution >= 4 is 23.6 Å². The van der Waals surface area contributed by atoms with Gasteiger partial charge < -0.3 is 115 Å². The highest BCUT2D eigenvalue weighted by atomic mass is 16.4. The van der Waals surface area contributed by atoms with Crippen LogP contribution in [0.15, 0.2) is 0 Å². The van der Waals surface area contributed by atoms with Gasteiger partial charge in [-0.15, -0.1) is 0 Å². The monoisotopic (exact) mass is 1580 g/mol. The van der Waals surface area contributed by atoms with Crippen molar-refractivity contribution in [1.29, 1.82) is 0 Å². The van der Waals surface area contributed by atoms with Crippen LogP contribution in [0.1, 0.15) is 239 Å². The van der Waals surface area contributed by atoms with Gasteiger partial charge >= 0.3 is 0 Å². The average molecular weight is 1580 g/mol. The van der Waals surface area contributed by atoms with Crippen molar-refractivity contribution in [1.82, 2.24) is 29.4 Å². The molecule has 0 saturated heterocycles. The summed E-state index contributed by atoms with van der Waals surface area (Å²) in [4.78, 5) is 58.0. The normalized spacial score (nSPS) is 15.5. The molecule has 17 N–H and O–H groups in total. The van der Waals surface area contributed by atoms with Gasteiger partial charge in [0.2, 0.25) is 11.8 Å². The maximum Gasteiger partial charge on any atom is 0.277 e. The molecule has 0 aliphatic rings. The number of quaternary nitrogens is 2. The van der Waals surface area contributed by atoms with E-state index in [0.717, 1.165) is 58.2 Å². The molecule has 0 radical (unpaired) electrons. The summed E-state index contributed by atoms with van der Waals surface area (Å²) in [6, 6.07) is 0. The first-order valence-corrected chi connectivity index (χ1v) is 41.5. The Morgan fingerprint density at radius 3 is 0.743 bits per heavy atom. The summed E-state index contributed by atoms with van der Waals surface area (Å²) in [5, 5.41) is 161. The number of nitrogens with zero attached hydrogens (tertiary/aromatic N) is 8. The molecule has 1 unspecified atom stereocenters. The summed E-state index contributed by atoms with van der Waals surface area (Å²) < 4.78 is 1.10. The predicted octanol–water partition coefficient (Wildman–Crippen LogP) is 2.41. The lowest BCUT2D eigenvalue weighted by Crippen LogP contribution is -2.52. The van der Waals surface area contributed by atoms with E-state index in [2.05, 4.69) is 20.8 Å². The van der Waals surface area contributed by atoms with Gasteiger partial charge in [0.15, 0.2) is 13.1 Å². The standard InChI is InChI=1S/C25H53N2O6.C24H50N2O6.C22H46N2O6.C9H21N2O3/c1-5-6-7-8-9-10-11-12-13-14-15-16-17-27(3,4)19-23(31)26(2)18-21(29)24(32)25(33)22(30)20-28;1-4-5-6-7-8-9-10-11-12-13-14-15-16-25(2)18-22(30)26(3)17-20(28)23(31)24(32)21(29)19-27;1-4-5-6-7-8-9-10-11-12-13-14-23(2)16-20(28)24(3)15-18(26)21(29)22(30)19(27)17-25;1-10(5-8(13)7-12)9(14)6-11(2,3)4/h21-22,24-25,28-30,32-33H,5-20H2,1-4H3;20-21,23-24,27-29,31-32H,4-19H2,1-3H3;18-19,21-22,25-27,29-30H,4-17H2,1-3H3;8,12-13H,5-7H2,1-4H3/q+1;;;+1/t21-,22+,24+,25+;20-,21+,23+,24+;18-,19+,21+,22+;/m000./s1. The second kappa shape index (κ2) is 70.4. The molecule has 0 bridgehead atoms. The molecule has 654 valence electrons. The van der Waals surface area contributed by atoms with Gasteiger partial charge in [0.05, 0.1) is 87.4 Å². The molecule has 29 nitrogen and oxygen atoms in total. The highest BCUT2D eigenvalue weighted by molar-refractivity contribution is 5.79. The molecule has 0 aliphatic carbocycles. The average Bonchev–Trinajstić information content (AvgIpc) is 0.882. The van der Waals surface area contributed by atoms with Crippen LogP contribution in [0.3, 0.4) is 0 Å². The molecule has 29 heteroatoms. The minimum Gasteiger partial charge on any atom is -0.394 e. The zero-order chi connectivity index (χ0) is 83.9. The summed E-state index contributed by atoms with van der Waals surface area (Å²) in [5.41, 5.74) is 0. The molecule has 0 heterocycles. The van der Waals surface area contributed by atoms with Crippen molar-refractivity contribution in [3.8, 4) is 0 Å². The summed E-state index contributed by atoms with van der Waals surface area (Å²) in [6.07, 6.45) is 23.8. The topological polar surface area (TPSA) is 432 Å². The Morgan fingerprint density at radius 2 is 0.495 bits per heavy atom. The zero-order valence-electron chi connectivity index (χ0n) is 71.0. The van der Waals surface area contributed by atoms with Crippen LogP contribution < -0.4 is 0 Å². The molecule has 0 aromatic heterocycles. The third kappa shape index (κ3) is 64.0. The van der Waals surface area contributed by atoms with Crippen molar-refractivity contribution in [2.24, 2.45) is 0 Å². The summed E-state index contributed by atoms with van der Waals surface area (Å²) >= 11 is 0. The number of carbonyl (C=O) groups is 4. The van der Waals surface area contributed by atoms with E-state index >= 15 is 0 Å². The van der Waals surface area contributed by atoms with Gasteiger partial charge in [-0.05, 0) is 52.9 Å². The molecule has 0 aliphatic heterocycles. The van der Waals surface area contributed by atoms with Crippen LogP contribution in [0.4, 0.5) is 0 Å². The van der Waals surface area contributed by atoms with E-state index in [1.165, 1.54) is 221 Å². The molecular formula is C80H170N8O21+2. The van der Waals surface area contributed by atoms with Crippen molar-refractivity contribution in [3.63, 3.8) is 0 Å². The van der Waals surface area contributed by atoms with Crippen LogP contribution in [0.2, 0.25) is 0 Å². The summed E-state index contributed by atoms with van der Waals surface area (Å²) in [5.74, 6) is -0.602. The Bertz CT molecular complexity index is 2120. The summed E-state index contributed by atoms with van der Waals surface area (Å²) in [6.45, 7) is 7.47. The van der Waals surface area contributed by atoms with E-state index in [0.29, 0.717) is 15.5 Å². The minimum absolute atomic E-state index is 0.0370. The molecule has 0 saturated carbocycles. The van der Waals surface area contributed by atoms with Gasteiger partial charge in [0, 0.05) is 54.4 Å². The number of unbranched alkanes of at least 4 members (excludes halogenated alkanes) is 31. The summed E-state index contributed by atoms with van der Waals surface area (Å²) in [7, 11) is 19.8. The molecule has 13 atom stereocenters. The third-order valence-electron chi connectivity index (χ3n) is 19.6. The number of likely N-dealkylation sites (N-methyl/N-ethyl adjacent to an activating group) is 8. The van der Waals surface area contributed by atoms with Crippen LogP contribution in [0.25, 0.3) is 0 Å². The number of hydrogen-bond donors (Lipinski definition) is 17. The van der Waals surface area contributed by atoms with Crippen LogP contribution in [0, 0.1) is 0 Å². The first-order chi connectivity index (χ1) is 51.3. The second-order valence-corrected chi connectivity index (χ2v) is 32.5. The Hall–Kier alpha value is -2.96. The molecule has 4 amide bonds. The fourth-order valence-corrected chi connectivity index (χ4v) is 12.1. The van der Waals surface area contributed by atoms with Crippen molar-refractivity contribution in [3.05, 3.63) is 0 Å². The number of amides is 4. The zero-order valence-corrected chi connectivity index (χ0v) is 71.0. The number of aliphatic hydroxyl groups excluding tert-OH is 17. The lowest BCUT2D eigenvalue weighted by molar-refractivity contribution is -0.883. The van der Waals surface area contributed by atoms with E-state index in [-0.39, 0.29) is 76.0 Å². The van der Waals surface area contributed by atoms with Crippen LogP contribution in [-0.4, -0.2) is 404 Å². The van der Waals surface area contributed by atoms with Gasteiger partial charge in [-0.3, -0.25) is 29.0 Å². The number of hydrogen-bond acceptors (Lipinski definition) is 23. The Balaban J connectivity index is -0.000000697. The van der Waals surface area contributed by atoms with Crippen molar-refractivity contribution in [2.45, 2.75) is 318 Å². The SMILES string of the molecule is CCCCCCCCCCCCCCN(C)CC(=O)N(C)C[C@H](O)[C@@H](O)[C@H](O)[C@H](O)CO.CCCCCCCCCCCCCC[N+](C)(C)CC(=O)N(C)C[C@H](O)[C@@H](O)[C@H](O)[C@H](O)CO.CCCCCCCCCCCCN(C)CC(=O)N(C)C[C@H](O)[C@@H](O)[C@H](O)[C@H](O)CO.CN(CC(O)CO)C(=O)C[N+](C)(C)C. The highest BCUT2D eigenvalue weighted by Gasteiger charge is 2.35. The molecule has 109 heavy (non-hydrogen) atoms. The maximum atomic E-state index is 12.6. The second-order valence-electron chi connectivity index (χ2n) is 32.5. The Morgan fingerprint density at radius 1 is 0.275 bits per heavy atom. The lowest BCUT2D eigenvalue weighted by Gasteiger charge is -2.32. The van der Waals surface area contributed by atoms with E-state index in [1.54, 1.807) is 7.05 Å². The lowest BCUT2D eigenvalue weighted by atomic mass is 10.0. The number of rotatable bonds is 66. The quantitative estimate of drug-likeness (QED) is 0.0307. The largest absolute Gasteiger partial charge is 0.394 e. The third-order valence-corrected chi connectivity index (χ3v) is 19.6. The van der Waals surface area contributed by atoms with Crippen LogP contribution >= 0.6 is 0 Å². The van der Waals surface area contributed by atoms with Crippen molar-refractivity contribution < 1.29 is 115 Å². The predicted molar refractivity (Wildman–Crippen MR) is 431 cm³/mol. The maximum absolute atomic E-state index is 12.6. The van der Waals surface area contributed by atoms with Gasteiger partial charge in [-0.25, -0.2) is 0 Å². The Labute approximate surface area is 659 Å². The molecule has 0 fully saturated rings. The molecular weight excluding hydrogens is 1410 g/mol. The van der Waals surface area contributed by atoms with E-state index in [1.807, 2.05) is 59.1 Å². The van der Waals surface area contributed by atoms with Crippen LogP contribution in [-0.2, 0) is 19.2 Å². The van der Waals surface area contributed by atoms with Gasteiger partial charge in [0.25, 0.3) is 11.8 Å². The fraction of sp³-hybridized carbons (Fsp3) is 0.950. The van der Waals surface area contributed by atoms with Gasteiger partial charge in [-0.2, -0.15) is 0 Å². The Kier molecular flexibility index (Phi) is 72.6. The molecule has 0 spiro atoms. The van der Waals surface area contributed by atoms with Gasteiger partial charge in [0.1, 0.15) is 73.2 Å². The fourth-order valence-electron chi connectivity index (χ4n) is 12.1. The van der Waals surface area contributed by atoms with Crippen LogP contribution in [0.5, 0.6) is 0 Å². The van der Waals surface area contributed by atoms with E-state index < -0.39 is 99.2 Å². The molecule has 0 aromatic rings. The van der Waals surface area contributed by atoms with E-state index in [9.17, 15) is 80.5 Å². The van der Waals surface area contributed by atoms with Crippen molar-refractivity contribution in [2.75, 3.05) is 176 Å². The highest BCUT2D eigenvalue weighted by Crippen LogP contribution is 2.17. The smallest absolute Gasteiger partial charge is 0.277 e. The molecule has 0 rings (SSSR count). The van der Waals surface area contributed by atoms with Gasteiger partial charge in [-0.1, -0.05) is 213 Å².